The SMILES string of the molecule is C=C[C@@H]1C[C@]1(NC(=O)[C@@H]1C[C@@H](ON=C(C)C)CN1C(=O)OC(C)(C)C)C(C)=O. The van der Waals surface area contributed by atoms with Crippen LogP contribution >= 0.6 is 0 Å². The molecule has 0 aromatic rings. The first-order valence-corrected chi connectivity index (χ1v) is 9.52. The number of Topliss-reactive ketones (excluding diaryl/α,β-unsaturated/α-hetero) is 1. The van der Waals surface area contributed by atoms with E-state index in [0.717, 1.165) is 5.71 Å². The summed E-state index contributed by atoms with van der Waals surface area (Å²) in [6.07, 6.45) is 1.45. The maximum atomic E-state index is 13.0. The number of carbonyl (C=O) groups is 3. The number of nitrogens with one attached hydrogen (secondary N) is 1. The third-order valence-corrected chi connectivity index (χ3v) is 4.85. The molecule has 1 N–H and O–H groups in total. The highest BCUT2D eigenvalue weighted by atomic mass is 16.6. The van der Waals surface area contributed by atoms with E-state index in [1.165, 1.54) is 11.8 Å². The maximum Gasteiger partial charge on any atom is 0.411 e. The number of carbonyl (C=O) groups excluding carboxylic acids is 3. The van der Waals surface area contributed by atoms with E-state index in [2.05, 4.69) is 17.1 Å². The minimum atomic E-state index is -0.921. The van der Waals surface area contributed by atoms with E-state index in [9.17, 15) is 14.4 Å². The summed E-state index contributed by atoms with van der Waals surface area (Å²) in [6.45, 7) is 14.2. The minimum absolute atomic E-state index is 0.0929. The first-order valence-electron chi connectivity index (χ1n) is 9.52. The summed E-state index contributed by atoms with van der Waals surface area (Å²) in [5.74, 6) is -0.606. The molecule has 2 fully saturated rings. The van der Waals surface area contributed by atoms with Gasteiger partial charge in [-0.25, -0.2) is 4.79 Å². The van der Waals surface area contributed by atoms with Crippen LogP contribution in [0, 0.1) is 5.92 Å². The number of ether oxygens (including phenoxy) is 1. The van der Waals surface area contributed by atoms with Crippen LogP contribution in [-0.4, -0.2) is 58.2 Å². The normalized spacial score (nSPS) is 28.9. The first-order chi connectivity index (χ1) is 12.9. The number of oxime groups is 1. The zero-order valence-electron chi connectivity index (χ0n) is 17.6. The Hall–Kier alpha value is -2.38. The monoisotopic (exact) mass is 393 g/mol. The van der Waals surface area contributed by atoms with Crippen molar-refractivity contribution in [3.63, 3.8) is 0 Å². The van der Waals surface area contributed by atoms with Gasteiger partial charge in [-0.05, 0) is 48.0 Å². The molecule has 156 valence electrons. The second-order valence-corrected chi connectivity index (χ2v) is 8.71. The van der Waals surface area contributed by atoms with Gasteiger partial charge in [-0.2, -0.15) is 0 Å². The van der Waals surface area contributed by atoms with Gasteiger partial charge >= 0.3 is 6.09 Å². The van der Waals surface area contributed by atoms with Gasteiger partial charge in [0.05, 0.1) is 12.3 Å². The van der Waals surface area contributed by atoms with Gasteiger partial charge in [0.2, 0.25) is 5.91 Å². The van der Waals surface area contributed by atoms with Gasteiger partial charge in [0.15, 0.2) is 5.78 Å². The summed E-state index contributed by atoms with van der Waals surface area (Å²) < 4.78 is 5.44. The number of hydrogen-bond acceptors (Lipinski definition) is 6. The van der Waals surface area contributed by atoms with Crippen LogP contribution in [-0.2, 0) is 19.2 Å². The largest absolute Gasteiger partial charge is 0.444 e. The molecule has 4 atom stereocenters. The minimum Gasteiger partial charge on any atom is -0.444 e. The number of likely N-dealkylation sites (tertiary alicyclic amines) is 1. The Morgan fingerprint density at radius 2 is 1.89 bits per heavy atom. The van der Waals surface area contributed by atoms with Crippen molar-refractivity contribution in [1.29, 1.82) is 0 Å². The van der Waals surface area contributed by atoms with Crippen LogP contribution in [0.3, 0.4) is 0 Å². The molecule has 1 heterocycles. The average Bonchev–Trinajstić information content (AvgIpc) is 3.10. The van der Waals surface area contributed by atoms with Crippen molar-refractivity contribution < 1.29 is 24.0 Å². The molecule has 1 aliphatic carbocycles. The van der Waals surface area contributed by atoms with Crippen molar-refractivity contribution in [2.24, 2.45) is 11.1 Å². The Morgan fingerprint density at radius 1 is 1.25 bits per heavy atom. The van der Waals surface area contributed by atoms with E-state index in [1.54, 1.807) is 40.7 Å². The van der Waals surface area contributed by atoms with Gasteiger partial charge in [-0.3, -0.25) is 14.5 Å². The molecular weight excluding hydrogens is 362 g/mol. The topological polar surface area (TPSA) is 97.3 Å². The maximum absolute atomic E-state index is 13.0. The molecule has 1 saturated carbocycles. The van der Waals surface area contributed by atoms with E-state index < -0.39 is 35.3 Å². The van der Waals surface area contributed by atoms with Gasteiger partial charge in [-0.1, -0.05) is 11.2 Å². The fourth-order valence-corrected chi connectivity index (χ4v) is 3.34. The van der Waals surface area contributed by atoms with Gasteiger partial charge in [0.1, 0.15) is 23.3 Å². The van der Waals surface area contributed by atoms with Crippen LogP contribution in [0.5, 0.6) is 0 Å². The fraction of sp³-hybridized carbons (Fsp3) is 0.700. The summed E-state index contributed by atoms with van der Waals surface area (Å²) in [4.78, 5) is 44.5. The second-order valence-electron chi connectivity index (χ2n) is 8.71. The predicted molar refractivity (Wildman–Crippen MR) is 105 cm³/mol. The molecule has 2 amide bonds. The van der Waals surface area contributed by atoms with E-state index in [0.29, 0.717) is 6.42 Å². The molecule has 0 bridgehead atoms. The summed E-state index contributed by atoms with van der Waals surface area (Å²) in [7, 11) is 0. The molecule has 2 aliphatic rings. The van der Waals surface area contributed by atoms with Gasteiger partial charge in [0.25, 0.3) is 0 Å². The first kappa shape index (κ1) is 21.9. The number of nitrogens with zero attached hydrogens (tertiary/aromatic N) is 2. The number of hydrogen-bond donors (Lipinski definition) is 1. The Morgan fingerprint density at radius 3 is 2.36 bits per heavy atom. The highest BCUT2D eigenvalue weighted by Gasteiger charge is 2.58. The van der Waals surface area contributed by atoms with Crippen molar-refractivity contribution in [2.45, 2.75) is 77.7 Å². The molecule has 0 unspecified atom stereocenters. The third kappa shape index (κ3) is 4.91. The van der Waals surface area contributed by atoms with Crippen molar-refractivity contribution in [3.05, 3.63) is 12.7 Å². The summed E-state index contributed by atoms with van der Waals surface area (Å²) in [6, 6.07) is -0.797. The predicted octanol–water partition coefficient (Wildman–Crippen LogP) is 2.43. The fourth-order valence-electron chi connectivity index (χ4n) is 3.34. The van der Waals surface area contributed by atoms with Gasteiger partial charge < -0.3 is 14.9 Å². The molecule has 0 aromatic carbocycles. The van der Waals surface area contributed by atoms with Crippen LogP contribution in [0.4, 0.5) is 4.79 Å². The van der Waals surface area contributed by atoms with Gasteiger partial charge in [0, 0.05) is 12.3 Å². The zero-order valence-corrected chi connectivity index (χ0v) is 17.6. The lowest BCUT2D eigenvalue weighted by Gasteiger charge is -2.28. The molecule has 1 aliphatic heterocycles. The Labute approximate surface area is 166 Å². The van der Waals surface area contributed by atoms with E-state index >= 15 is 0 Å². The second kappa shape index (κ2) is 7.93. The highest BCUT2D eigenvalue weighted by Crippen LogP contribution is 2.45. The average molecular weight is 393 g/mol. The lowest BCUT2D eigenvalue weighted by molar-refractivity contribution is -0.130. The number of ketones is 1. The van der Waals surface area contributed by atoms with E-state index in [1.807, 2.05) is 0 Å². The number of amides is 2. The molecule has 0 aromatic heterocycles. The van der Waals surface area contributed by atoms with Crippen molar-refractivity contribution >= 4 is 23.5 Å². The van der Waals surface area contributed by atoms with Crippen LogP contribution < -0.4 is 5.32 Å². The smallest absolute Gasteiger partial charge is 0.411 e. The molecular formula is C20H31N3O5. The molecule has 28 heavy (non-hydrogen) atoms. The molecule has 1 saturated heterocycles. The van der Waals surface area contributed by atoms with Crippen molar-refractivity contribution in [2.75, 3.05) is 6.54 Å². The summed E-state index contributed by atoms with van der Waals surface area (Å²) in [5, 5.41) is 6.79. The molecule has 8 nitrogen and oxygen atoms in total. The van der Waals surface area contributed by atoms with Crippen molar-refractivity contribution in [3.8, 4) is 0 Å². The number of rotatable bonds is 6. The van der Waals surface area contributed by atoms with Crippen LogP contribution in [0.25, 0.3) is 0 Å². The Kier molecular flexibility index (Phi) is 6.21. The van der Waals surface area contributed by atoms with Crippen molar-refractivity contribution in [1.82, 2.24) is 10.2 Å². The standard InChI is InChI=1S/C20H31N3O5/c1-8-14-10-20(14,13(4)24)21-17(25)16-9-15(28-22-12(2)3)11-23(16)18(26)27-19(5,6)7/h8,14-16H,1,9-11H2,2-7H3,(H,21,25)/t14-,15-,16+,20+/m1/s1. The van der Waals surface area contributed by atoms with E-state index in [4.69, 9.17) is 9.57 Å². The Balaban J connectivity index is 2.17. The lowest BCUT2D eigenvalue weighted by Crippen LogP contribution is -2.53. The highest BCUT2D eigenvalue weighted by molar-refractivity contribution is 5.97. The van der Waals surface area contributed by atoms with Crippen LogP contribution in [0.2, 0.25) is 0 Å². The molecule has 2 rings (SSSR count). The molecule has 8 heteroatoms. The molecule has 0 radical (unpaired) electrons. The summed E-state index contributed by atoms with van der Waals surface area (Å²) in [5.41, 5.74) is -0.880. The summed E-state index contributed by atoms with van der Waals surface area (Å²) >= 11 is 0. The van der Waals surface area contributed by atoms with Crippen LogP contribution in [0.1, 0.15) is 54.4 Å². The van der Waals surface area contributed by atoms with Gasteiger partial charge in [-0.15, -0.1) is 6.58 Å². The lowest BCUT2D eigenvalue weighted by atomic mass is 10.1. The van der Waals surface area contributed by atoms with Crippen LogP contribution in [0.15, 0.2) is 17.8 Å². The third-order valence-electron chi connectivity index (χ3n) is 4.85. The zero-order chi connectivity index (χ0) is 21.3. The Bertz CT molecular complexity index is 692. The van der Waals surface area contributed by atoms with E-state index in [-0.39, 0.29) is 24.7 Å². The molecule has 0 spiro atoms. The quantitative estimate of drug-likeness (QED) is 0.425.